The molecule has 156 valence electrons. The van der Waals surface area contributed by atoms with Gasteiger partial charge in [0, 0.05) is 24.6 Å². The van der Waals surface area contributed by atoms with Crippen molar-refractivity contribution >= 4 is 11.6 Å². The first-order valence-electron chi connectivity index (χ1n) is 11.2. The molecule has 1 N–H and O–H groups in total. The molecule has 0 bridgehead atoms. The topological polar surface area (TPSA) is 41.6 Å². The number of hydrogen-bond donors (Lipinski definition) is 1. The summed E-state index contributed by atoms with van der Waals surface area (Å²) in [4.78, 5) is 15.5. The van der Waals surface area contributed by atoms with Gasteiger partial charge in [0.05, 0.1) is 24.4 Å². The summed E-state index contributed by atoms with van der Waals surface area (Å²) in [5.74, 6) is 2.51. The van der Waals surface area contributed by atoms with Gasteiger partial charge in [-0.2, -0.15) is 0 Å². The van der Waals surface area contributed by atoms with E-state index in [-0.39, 0.29) is 11.9 Å². The van der Waals surface area contributed by atoms with Crippen LogP contribution in [0.1, 0.15) is 59.6 Å². The Morgan fingerprint density at radius 1 is 1.07 bits per heavy atom. The number of likely N-dealkylation sites (tertiary alicyclic amines) is 1. The lowest BCUT2D eigenvalue weighted by Gasteiger charge is -2.39. The molecule has 4 nitrogen and oxygen atoms in total. The van der Waals surface area contributed by atoms with Crippen molar-refractivity contribution in [2.45, 2.75) is 38.1 Å². The molecule has 2 aromatic carbocycles. The van der Waals surface area contributed by atoms with Crippen molar-refractivity contribution in [1.82, 2.24) is 4.90 Å². The SMILES string of the molecule is COc1ccccc1C1Nc2c(C(=O)N3CCC(C)CC3)cccc2C2C=CCC21. The van der Waals surface area contributed by atoms with Crippen molar-refractivity contribution < 1.29 is 9.53 Å². The van der Waals surface area contributed by atoms with E-state index >= 15 is 0 Å². The number of benzene rings is 2. The number of carbonyl (C=O) groups excluding carboxylic acids is 1. The Hall–Kier alpha value is -2.75. The fourth-order valence-electron chi connectivity index (χ4n) is 5.41. The van der Waals surface area contributed by atoms with Crippen LogP contribution < -0.4 is 10.1 Å². The zero-order chi connectivity index (χ0) is 20.7. The van der Waals surface area contributed by atoms with Crippen LogP contribution in [0.3, 0.4) is 0 Å². The first-order valence-corrected chi connectivity index (χ1v) is 11.2. The van der Waals surface area contributed by atoms with E-state index in [9.17, 15) is 4.79 Å². The molecule has 0 spiro atoms. The third kappa shape index (κ3) is 3.19. The molecule has 3 aliphatic rings. The summed E-state index contributed by atoms with van der Waals surface area (Å²) < 4.78 is 5.68. The lowest BCUT2D eigenvalue weighted by Crippen LogP contribution is -2.39. The van der Waals surface area contributed by atoms with Crippen LogP contribution in [0, 0.1) is 11.8 Å². The molecule has 5 rings (SSSR count). The molecule has 1 aliphatic carbocycles. The van der Waals surface area contributed by atoms with Gasteiger partial charge >= 0.3 is 0 Å². The van der Waals surface area contributed by atoms with Crippen LogP contribution in [0.5, 0.6) is 5.75 Å². The Balaban J connectivity index is 1.54. The minimum atomic E-state index is 0.115. The molecule has 1 fully saturated rings. The summed E-state index contributed by atoms with van der Waals surface area (Å²) in [5.41, 5.74) is 4.22. The zero-order valence-corrected chi connectivity index (χ0v) is 17.8. The minimum absolute atomic E-state index is 0.115. The predicted molar refractivity (Wildman–Crippen MR) is 120 cm³/mol. The van der Waals surface area contributed by atoms with Crippen LogP contribution in [0.4, 0.5) is 5.69 Å². The summed E-state index contributed by atoms with van der Waals surface area (Å²) in [6.45, 7) is 3.98. The van der Waals surface area contributed by atoms with E-state index < -0.39 is 0 Å². The van der Waals surface area contributed by atoms with Gasteiger partial charge < -0.3 is 15.0 Å². The molecule has 2 aliphatic heterocycles. The number of amides is 1. The molecule has 1 amide bonds. The highest BCUT2D eigenvalue weighted by Crippen LogP contribution is 2.52. The maximum atomic E-state index is 13.5. The van der Waals surface area contributed by atoms with Gasteiger partial charge in [-0.15, -0.1) is 0 Å². The highest BCUT2D eigenvalue weighted by atomic mass is 16.5. The average molecular weight is 403 g/mol. The second kappa shape index (κ2) is 7.82. The number of anilines is 1. The van der Waals surface area contributed by atoms with E-state index in [4.69, 9.17) is 4.74 Å². The van der Waals surface area contributed by atoms with Crippen LogP contribution in [0.25, 0.3) is 0 Å². The van der Waals surface area contributed by atoms with Gasteiger partial charge in [0.2, 0.25) is 0 Å². The van der Waals surface area contributed by atoms with Crippen molar-refractivity contribution in [3.05, 3.63) is 71.3 Å². The smallest absolute Gasteiger partial charge is 0.255 e. The number of fused-ring (bicyclic) bond motifs is 3. The molecule has 3 atom stereocenters. The van der Waals surface area contributed by atoms with E-state index in [1.54, 1.807) is 7.11 Å². The zero-order valence-electron chi connectivity index (χ0n) is 17.8. The van der Waals surface area contributed by atoms with Crippen LogP contribution in [0.2, 0.25) is 0 Å². The summed E-state index contributed by atoms with van der Waals surface area (Å²) in [7, 11) is 1.73. The summed E-state index contributed by atoms with van der Waals surface area (Å²) in [6, 6.07) is 14.6. The lowest BCUT2D eigenvalue weighted by atomic mass is 9.76. The number of piperidine rings is 1. The second-order valence-electron chi connectivity index (χ2n) is 8.96. The van der Waals surface area contributed by atoms with Crippen molar-refractivity contribution in [3.63, 3.8) is 0 Å². The molecule has 0 aromatic heterocycles. The normalized spacial score (nSPS) is 25.4. The summed E-state index contributed by atoms with van der Waals surface area (Å²) >= 11 is 0. The average Bonchev–Trinajstić information content (AvgIpc) is 3.28. The van der Waals surface area contributed by atoms with Crippen molar-refractivity contribution in [3.8, 4) is 5.75 Å². The Labute approximate surface area is 178 Å². The third-order valence-corrected chi connectivity index (χ3v) is 7.17. The first-order chi connectivity index (χ1) is 14.7. The number of methoxy groups -OCH3 is 1. The molecule has 3 unspecified atom stereocenters. The van der Waals surface area contributed by atoms with Crippen LogP contribution in [0.15, 0.2) is 54.6 Å². The Bertz CT molecular complexity index is 975. The predicted octanol–water partition coefficient (Wildman–Crippen LogP) is 5.39. The van der Waals surface area contributed by atoms with Gasteiger partial charge in [-0.3, -0.25) is 4.79 Å². The van der Waals surface area contributed by atoms with Gasteiger partial charge in [0.25, 0.3) is 5.91 Å². The van der Waals surface area contributed by atoms with Crippen molar-refractivity contribution in [1.29, 1.82) is 0 Å². The number of rotatable bonds is 3. The van der Waals surface area contributed by atoms with E-state index in [0.717, 1.165) is 49.4 Å². The molecular formula is C26H30N2O2. The third-order valence-electron chi connectivity index (χ3n) is 7.17. The maximum absolute atomic E-state index is 13.5. The fraction of sp³-hybridized carbons (Fsp3) is 0.423. The quantitative estimate of drug-likeness (QED) is 0.700. The highest BCUT2D eigenvalue weighted by molar-refractivity contribution is 6.01. The molecule has 1 saturated heterocycles. The monoisotopic (exact) mass is 402 g/mol. The van der Waals surface area contributed by atoms with Gasteiger partial charge in [0.1, 0.15) is 5.75 Å². The molecule has 2 heterocycles. The second-order valence-corrected chi connectivity index (χ2v) is 8.96. The molecule has 4 heteroatoms. The molecule has 2 aromatic rings. The standard InChI is InChI=1S/C26H30N2O2/c1-17-13-15-28(16-14-17)26(29)22-11-6-10-20-18-8-5-9-19(18)24(27-25(20)22)21-7-3-4-12-23(21)30-2/h3-8,10-12,17-19,24,27H,9,13-16H2,1-2H3. The Morgan fingerprint density at radius 2 is 1.83 bits per heavy atom. The number of nitrogens with zero attached hydrogens (tertiary/aromatic N) is 1. The van der Waals surface area contributed by atoms with Gasteiger partial charge in [-0.05, 0) is 48.8 Å². The number of hydrogen-bond acceptors (Lipinski definition) is 3. The van der Waals surface area contributed by atoms with E-state index in [1.807, 2.05) is 29.2 Å². The van der Waals surface area contributed by atoms with E-state index in [0.29, 0.717) is 17.8 Å². The maximum Gasteiger partial charge on any atom is 0.255 e. The van der Waals surface area contributed by atoms with Crippen molar-refractivity contribution in [2.24, 2.45) is 11.8 Å². The number of nitrogens with one attached hydrogen (secondary N) is 1. The minimum Gasteiger partial charge on any atom is -0.496 e. The van der Waals surface area contributed by atoms with Crippen LogP contribution in [-0.2, 0) is 0 Å². The molecular weight excluding hydrogens is 372 g/mol. The Kier molecular flexibility index (Phi) is 5.01. The van der Waals surface area contributed by atoms with Crippen LogP contribution >= 0.6 is 0 Å². The van der Waals surface area contributed by atoms with Crippen LogP contribution in [-0.4, -0.2) is 31.0 Å². The Morgan fingerprint density at radius 3 is 2.63 bits per heavy atom. The first kappa shape index (κ1) is 19.2. The van der Waals surface area contributed by atoms with E-state index in [2.05, 4.69) is 42.6 Å². The summed E-state index contributed by atoms with van der Waals surface area (Å²) in [6.07, 6.45) is 7.82. The molecule has 30 heavy (non-hydrogen) atoms. The number of carbonyl (C=O) groups is 1. The molecule has 0 saturated carbocycles. The lowest BCUT2D eigenvalue weighted by molar-refractivity contribution is 0.0698. The van der Waals surface area contributed by atoms with E-state index in [1.165, 1.54) is 11.1 Å². The highest BCUT2D eigenvalue weighted by Gasteiger charge is 2.40. The fourth-order valence-corrected chi connectivity index (χ4v) is 5.41. The van der Waals surface area contributed by atoms with Gasteiger partial charge in [0.15, 0.2) is 0 Å². The molecule has 0 radical (unpaired) electrons. The largest absolute Gasteiger partial charge is 0.496 e. The summed E-state index contributed by atoms with van der Waals surface area (Å²) in [5, 5.41) is 3.79. The van der Waals surface area contributed by atoms with Gasteiger partial charge in [-0.25, -0.2) is 0 Å². The van der Waals surface area contributed by atoms with Gasteiger partial charge in [-0.1, -0.05) is 49.4 Å². The number of allylic oxidation sites excluding steroid dienone is 2. The number of ether oxygens (including phenoxy) is 1. The van der Waals surface area contributed by atoms with Crippen molar-refractivity contribution in [2.75, 3.05) is 25.5 Å². The number of para-hydroxylation sites is 2.